The second-order valence-electron chi connectivity index (χ2n) is 13.1. The first-order valence-corrected chi connectivity index (χ1v) is 17.1. The van der Waals surface area contributed by atoms with Gasteiger partial charge in [-0.25, -0.2) is 13.2 Å². The number of hydrogen-bond donors (Lipinski definition) is 1. The summed E-state index contributed by atoms with van der Waals surface area (Å²) in [4.78, 5) is 12.9. The molecular weight excluding hydrogens is 574 g/mol. The summed E-state index contributed by atoms with van der Waals surface area (Å²) >= 11 is 6.81. The minimum absolute atomic E-state index is 0.285. The van der Waals surface area contributed by atoms with Crippen LogP contribution in [0.1, 0.15) is 104 Å². The smallest absolute Gasteiger partial charge is 0.337 e. The highest BCUT2D eigenvalue weighted by Crippen LogP contribution is 2.47. The van der Waals surface area contributed by atoms with Crippen LogP contribution in [0.25, 0.3) is 11.1 Å². The molecule has 1 N–H and O–H groups in total. The minimum Gasteiger partial charge on any atom is -0.492 e. The summed E-state index contributed by atoms with van der Waals surface area (Å²) in [6.07, 6.45) is 5.44. The summed E-state index contributed by atoms with van der Waals surface area (Å²) in [5, 5.41) is 10.7. The number of carboxylic acid groups (broad SMARTS) is 1. The van der Waals surface area contributed by atoms with Crippen LogP contribution in [0, 0.1) is 20.8 Å². The molecule has 0 spiro atoms. The van der Waals surface area contributed by atoms with Crippen molar-refractivity contribution in [1.29, 1.82) is 0 Å². The number of fused-ring (bicyclic) bond motifs is 2. The van der Waals surface area contributed by atoms with Crippen LogP contribution in [-0.4, -0.2) is 47.8 Å². The molecular formula is C33H44ClNO6S. The monoisotopic (exact) mass is 617 g/mol. The summed E-state index contributed by atoms with van der Waals surface area (Å²) in [6, 6.07) is 1.88. The molecule has 2 aromatic carbocycles. The lowest BCUT2D eigenvalue weighted by atomic mass is 9.79. The average Bonchev–Trinajstić information content (AvgIpc) is 2.95. The fraction of sp³-hybridized carbons (Fsp3) is 0.606. The van der Waals surface area contributed by atoms with Gasteiger partial charge in [0, 0.05) is 18.7 Å². The van der Waals surface area contributed by atoms with Crippen molar-refractivity contribution in [3.8, 4) is 16.9 Å². The fourth-order valence-corrected chi connectivity index (χ4v) is 9.45. The summed E-state index contributed by atoms with van der Waals surface area (Å²) < 4.78 is 41.4. The largest absolute Gasteiger partial charge is 0.492 e. The molecule has 5 rings (SSSR count). The van der Waals surface area contributed by atoms with E-state index in [1.54, 1.807) is 4.31 Å². The summed E-state index contributed by atoms with van der Waals surface area (Å²) in [7, 11) is -3.45. The molecule has 0 unspecified atom stereocenters. The Morgan fingerprint density at radius 1 is 1.02 bits per heavy atom. The number of sulfonamides is 1. The van der Waals surface area contributed by atoms with Gasteiger partial charge in [-0.2, -0.15) is 4.31 Å². The second kappa shape index (κ2) is 11.8. The highest BCUT2D eigenvalue weighted by molar-refractivity contribution is 7.89. The van der Waals surface area contributed by atoms with Crippen LogP contribution in [0.2, 0.25) is 5.02 Å². The van der Waals surface area contributed by atoms with Gasteiger partial charge in [-0.15, -0.1) is 0 Å². The first-order chi connectivity index (χ1) is 19.7. The van der Waals surface area contributed by atoms with Gasteiger partial charge in [0.05, 0.1) is 22.5 Å². The Balaban J connectivity index is 1.74. The fourth-order valence-electron chi connectivity index (χ4n) is 7.17. The summed E-state index contributed by atoms with van der Waals surface area (Å²) in [5.74, 6) is -0.362. The van der Waals surface area contributed by atoms with Crippen LogP contribution in [-0.2, 0) is 38.9 Å². The third-order valence-electron chi connectivity index (χ3n) is 9.26. The Hall–Kier alpha value is -2.13. The van der Waals surface area contributed by atoms with Crippen molar-refractivity contribution in [3.05, 3.63) is 50.0 Å². The predicted molar refractivity (Wildman–Crippen MR) is 166 cm³/mol. The number of aliphatic carboxylic acids is 1. The van der Waals surface area contributed by atoms with Crippen molar-refractivity contribution < 1.29 is 27.8 Å². The van der Waals surface area contributed by atoms with Crippen LogP contribution in [0.3, 0.4) is 0 Å². The number of benzene rings is 2. The number of nitrogens with zero attached hydrogens (tertiary/aromatic N) is 1. The highest BCUT2D eigenvalue weighted by Gasteiger charge is 2.39. The minimum atomic E-state index is -3.45. The van der Waals surface area contributed by atoms with Gasteiger partial charge in [0.1, 0.15) is 5.75 Å². The SMILES string of the molecule is Cc1c(-c2c(C)c3c(c(C)c2[C@H](OC(C)(C)C)C(=O)O)CCN(S(=O)(=O)C2CCCCC2)C3)cc(Cl)c2c1CCCO2. The molecule has 2 heterocycles. The van der Waals surface area contributed by atoms with E-state index in [1.807, 2.05) is 47.6 Å². The first-order valence-electron chi connectivity index (χ1n) is 15.2. The Morgan fingerprint density at radius 2 is 1.71 bits per heavy atom. The maximum Gasteiger partial charge on any atom is 0.337 e. The predicted octanol–water partition coefficient (Wildman–Crippen LogP) is 7.22. The van der Waals surface area contributed by atoms with E-state index in [0.29, 0.717) is 48.7 Å². The normalized spacial score (nSPS) is 19.1. The molecule has 0 radical (unpaired) electrons. The van der Waals surface area contributed by atoms with E-state index in [1.165, 1.54) is 0 Å². The van der Waals surface area contributed by atoms with Crippen molar-refractivity contribution in [2.75, 3.05) is 13.2 Å². The average molecular weight is 618 g/mol. The number of halogens is 1. The maximum atomic E-state index is 13.8. The molecule has 0 amide bonds. The van der Waals surface area contributed by atoms with Gasteiger partial charge < -0.3 is 14.6 Å². The second-order valence-corrected chi connectivity index (χ2v) is 15.7. The molecule has 1 fully saturated rings. The molecule has 7 nitrogen and oxygen atoms in total. The van der Waals surface area contributed by atoms with Crippen LogP contribution >= 0.6 is 11.6 Å². The van der Waals surface area contributed by atoms with Gasteiger partial charge in [0.15, 0.2) is 6.10 Å². The van der Waals surface area contributed by atoms with E-state index in [0.717, 1.165) is 76.6 Å². The third-order valence-corrected chi connectivity index (χ3v) is 11.9. The van der Waals surface area contributed by atoms with E-state index in [-0.39, 0.29) is 11.8 Å². The van der Waals surface area contributed by atoms with Crippen LogP contribution in [0.4, 0.5) is 0 Å². The standard InChI is InChI=1S/C33H44ClNO6S/c1-19-24-13-10-16-40-30(24)27(34)17-25(19)28-21(3)26-18-35(42(38,39)22-11-8-7-9-12-22)15-14-23(26)20(2)29(28)31(32(36)37)41-33(4,5)6/h17,22,31H,7-16,18H2,1-6H3,(H,36,37)/t31-/m0/s1. The van der Waals surface area contributed by atoms with Crippen molar-refractivity contribution >= 4 is 27.6 Å². The highest BCUT2D eigenvalue weighted by atomic mass is 35.5. The Morgan fingerprint density at radius 3 is 2.36 bits per heavy atom. The quantitative estimate of drug-likeness (QED) is 0.368. The number of hydrogen-bond acceptors (Lipinski definition) is 5. The van der Waals surface area contributed by atoms with Crippen LogP contribution in [0.15, 0.2) is 6.07 Å². The Kier molecular flexibility index (Phi) is 8.76. The number of carbonyl (C=O) groups is 1. The van der Waals surface area contributed by atoms with Crippen molar-refractivity contribution in [2.24, 2.45) is 0 Å². The first kappa shape index (κ1) is 31.3. The summed E-state index contributed by atoms with van der Waals surface area (Å²) in [6.45, 7) is 12.9. The topological polar surface area (TPSA) is 93.1 Å². The molecule has 3 aliphatic rings. The molecule has 2 aliphatic heterocycles. The molecule has 1 atom stereocenters. The van der Waals surface area contributed by atoms with E-state index in [9.17, 15) is 18.3 Å². The molecule has 0 aromatic heterocycles. The molecule has 1 saturated carbocycles. The van der Waals surface area contributed by atoms with Gasteiger partial charge >= 0.3 is 5.97 Å². The molecule has 230 valence electrons. The molecule has 1 aliphatic carbocycles. The zero-order valence-corrected chi connectivity index (χ0v) is 27.3. The van der Waals surface area contributed by atoms with Gasteiger partial charge in [-0.1, -0.05) is 30.9 Å². The lowest BCUT2D eigenvalue weighted by molar-refractivity contribution is -0.160. The van der Waals surface area contributed by atoms with Crippen molar-refractivity contribution in [1.82, 2.24) is 4.31 Å². The summed E-state index contributed by atoms with van der Waals surface area (Å²) in [5.41, 5.74) is 7.28. The molecule has 0 bridgehead atoms. The van der Waals surface area contributed by atoms with E-state index < -0.39 is 27.7 Å². The molecule has 2 aromatic rings. The number of rotatable bonds is 6. The zero-order chi connectivity index (χ0) is 30.6. The van der Waals surface area contributed by atoms with Crippen molar-refractivity contribution in [2.45, 2.75) is 116 Å². The van der Waals surface area contributed by atoms with E-state index in [4.69, 9.17) is 21.1 Å². The van der Waals surface area contributed by atoms with Gasteiger partial charge in [0.2, 0.25) is 10.0 Å². The lowest BCUT2D eigenvalue weighted by Gasteiger charge is -2.37. The molecule has 0 saturated heterocycles. The van der Waals surface area contributed by atoms with Crippen LogP contribution in [0.5, 0.6) is 5.75 Å². The Bertz CT molecular complexity index is 1500. The number of carboxylic acids is 1. The van der Waals surface area contributed by atoms with Crippen LogP contribution < -0.4 is 4.74 Å². The van der Waals surface area contributed by atoms with Gasteiger partial charge in [-0.05, 0) is 124 Å². The van der Waals surface area contributed by atoms with Gasteiger partial charge in [0.25, 0.3) is 0 Å². The van der Waals surface area contributed by atoms with E-state index >= 15 is 0 Å². The van der Waals surface area contributed by atoms with E-state index in [2.05, 4.69) is 0 Å². The third kappa shape index (κ3) is 5.72. The number of ether oxygens (including phenoxy) is 2. The lowest BCUT2D eigenvalue weighted by Crippen LogP contribution is -2.43. The maximum absolute atomic E-state index is 13.8. The van der Waals surface area contributed by atoms with Crippen molar-refractivity contribution in [3.63, 3.8) is 0 Å². The molecule has 9 heteroatoms. The molecule has 42 heavy (non-hydrogen) atoms. The van der Waals surface area contributed by atoms with Gasteiger partial charge in [-0.3, -0.25) is 0 Å². The Labute approximate surface area is 255 Å². The zero-order valence-electron chi connectivity index (χ0n) is 25.7.